The van der Waals surface area contributed by atoms with Gasteiger partial charge in [-0.25, -0.2) is 4.98 Å². The molecule has 196 valence electrons. The summed E-state index contributed by atoms with van der Waals surface area (Å²) in [6.45, 7) is 4.09. The van der Waals surface area contributed by atoms with E-state index in [-0.39, 0.29) is 18.2 Å². The number of hydrogen-bond donors (Lipinski definition) is 2. The van der Waals surface area contributed by atoms with E-state index in [0.717, 1.165) is 48.1 Å². The molecule has 1 aromatic heterocycles. The van der Waals surface area contributed by atoms with Crippen molar-refractivity contribution >= 4 is 11.8 Å². The predicted molar refractivity (Wildman–Crippen MR) is 141 cm³/mol. The number of carbonyl (C=O) groups excluding carboxylic acids is 2. The number of aryl methyl sites for hydroxylation is 1. The molecular weight excluding hydrogens is 468 g/mol. The average Bonchev–Trinajstić information content (AvgIpc) is 3.41. The summed E-state index contributed by atoms with van der Waals surface area (Å²) in [6, 6.07) is 16.1. The highest BCUT2D eigenvalue weighted by Crippen LogP contribution is 2.24. The number of rotatable bonds is 8. The number of fused-ring (bicyclic) bond motifs is 1. The molecule has 4 rings (SSSR count). The lowest BCUT2D eigenvalue weighted by atomic mass is 10.1. The van der Waals surface area contributed by atoms with E-state index in [9.17, 15) is 9.59 Å². The van der Waals surface area contributed by atoms with Crippen LogP contribution in [0.15, 0.2) is 61.2 Å². The van der Waals surface area contributed by atoms with E-state index in [4.69, 9.17) is 4.74 Å². The summed E-state index contributed by atoms with van der Waals surface area (Å²) in [7, 11) is 0. The molecule has 2 N–H and O–H groups in total. The van der Waals surface area contributed by atoms with Crippen molar-refractivity contribution in [3.63, 3.8) is 0 Å². The van der Waals surface area contributed by atoms with Crippen molar-refractivity contribution in [3.05, 3.63) is 77.9 Å². The molecule has 2 aromatic carbocycles. The fourth-order valence-electron chi connectivity index (χ4n) is 4.40. The first kappa shape index (κ1) is 26.3. The Labute approximate surface area is 218 Å². The lowest BCUT2D eigenvalue weighted by Gasteiger charge is -2.23. The summed E-state index contributed by atoms with van der Waals surface area (Å²) in [5.74, 6) is 0.818. The number of aromatic nitrogens is 3. The first-order valence-corrected chi connectivity index (χ1v) is 13.0. The van der Waals surface area contributed by atoms with Crippen molar-refractivity contribution in [3.8, 4) is 5.75 Å². The quantitative estimate of drug-likeness (QED) is 0.458. The molecule has 0 saturated heterocycles. The Morgan fingerprint density at radius 1 is 1.05 bits per heavy atom. The van der Waals surface area contributed by atoms with Crippen LogP contribution < -0.4 is 15.4 Å². The summed E-state index contributed by atoms with van der Waals surface area (Å²) in [6.07, 6.45) is 7.11. The number of amides is 2. The Hall–Kier alpha value is -3.72. The molecule has 2 heterocycles. The van der Waals surface area contributed by atoms with E-state index in [1.54, 1.807) is 11.0 Å². The van der Waals surface area contributed by atoms with Gasteiger partial charge < -0.3 is 15.4 Å². The number of benzene rings is 2. The zero-order valence-electron chi connectivity index (χ0n) is 21.3. The first-order valence-electron chi connectivity index (χ1n) is 13.0. The molecule has 1 aliphatic rings. The van der Waals surface area contributed by atoms with Crippen molar-refractivity contribution < 1.29 is 14.3 Å². The summed E-state index contributed by atoms with van der Waals surface area (Å²) in [4.78, 5) is 31.3. The minimum Gasteiger partial charge on any atom is -0.493 e. The highest BCUT2D eigenvalue weighted by molar-refractivity contribution is 5.79. The molecule has 0 radical (unpaired) electrons. The van der Waals surface area contributed by atoms with Gasteiger partial charge in [-0.05, 0) is 42.9 Å². The maximum Gasteiger partial charge on any atom is 0.234 e. The second kappa shape index (κ2) is 14.1. The maximum atomic E-state index is 12.7. The fourth-order valence-corrected chi connectivity index (χ4v) is 4.40. The van der Waals surface area contributed by atoms with Crippen LogP contribution in [0.2, 0.25) is 0 Å². The van der Waals surface area contributed by atoms with Crippen LogP contribution in [0.5, 0.6) is 5.75 Å². The summed E-state index contributed by atoms with van der Waals surface area (Å²) in [5, 5.41) is 10.1. The molecule has 0 atom stereocenters. The normalized spacial score (nSPS) is 15.3. The van der Waals surface area contributed by atoms with E-state index < -0.39 is 0 Å². The Bertz CT molecular complexity index is 1120. The molecule has 9 nitrogen and oxygen atoms in total. The molecule has 0 fully saturated rings. The van der Waals surface area contributed by atoms with Gasteiger partial charge >= 0.3 is 0 Å². The lowest BCUT2D eigenvalue weighted by Crippen LogP contribution is -2.37. The van der Waals surface area contributed by atoms with Crippen LogP contribution in [0.1, 0.15) is 42.4 Å². The molecule has 0 spiro atoms. The monoisotopic (exact) mass is 504 g/mol. The third-order valence-electron chi connectivity index (χ3n) is 6.25. The first-order chi connectivity index (χ1) is 18.2. The highest BCUT2D eigenvalue weighted by atomic mass is 16.5. The molecule has 0 unspecified atom stereocenters. The Morgan fingerprint density at radius 2 is 1.95 bits per heavy atom. The van der Waals surface area contributed by atoms with Crippen LogP contribution >= 0.6 is 0 Å². The third kappa shape index (κ3) is 9.02. The Kier molecular flexibility index (Phi) is 10.1. The summed E-state index contributed by atoms with van der Waals surface area (Å²) < 4.78 is 7.91. The van der Waals surface area contributed by atoms with E-state index in [1.165, 1.54) is 6.33 Å². The van der Waals surface area contributed by atoms with Gasteiger partial charge in [0, 0.05) is 38.3 Å². The zero-order chi connectivity index (χ0) is 25.7. The molecule has 37 heavy (non-hydrogen) atoms. The average molecular weight is 505 g/mol. The second-order valence-corrected chi connectivity index (χ2v) is 9.37. The molecule has 3 aromatic rings. The van der Waals surface area contributed by atoms with Crippen molar-refractivity contribution in [1.82, 2.24) is 30.3 Å². The molecule has 9 heteroatoms. The van der Waals surface area contributed by atoms with E-state index in [1.807, 2.05) is 36.4 Å². The minimum absolute atomic E-state index is 0.0235. The number of nitrogens with zero attached hydrogens (tertiary/aromatic N) is 4. The maximum absolute atomic E-state index is 12.7. The van der Waals surface area contributed by atoms with Gasteiger partial charge in [0.2, 0.25) is 11.8 Å². The Balaban J connectivity index is 1.43. The van der Waals surface area contributed by atoms with Crippen LogP contribution in [0.25, 0.3) is 0 Å². The smallest absolute Gasteiger partial charge is 0.234 e. The van der Waals surface area contributed by atoms with Crippen molar-refractivity contribution in [2.24, 2.45) is 0 Å². The summed E-state index contributed by atoms with van der Waals surface area (Å²) in [5.41, 5.74) is 3.05. The summed E-state index contributed by atoms with van der Waals surface area (Å²) >= 11 is 0. The van der Waals surface area contributed by atoms with Gasteiger partial charge in [0.05, 0.1) is 19.6 Å². The van der Waals surface area contributed by atoms with Crippen molar-refractivity contribution in [2.75, 3.05) is 26.2 Å². The topological polar surface area (TPSA) is 101 Å². The lowest BCUT2D eigenvalue weighted by molar-refractivity contribution is -0.122. The third-order valence-corrected chi connectivity index (χ3v) is 6.25. The van der Waals surface area contributed by atoms with Crippen LogP contribution in [-0.4, -0.2) is 57.7 Å². The number of hydrogen-bond acceptors (Lipinski definition) is 6. The van der Waals surface area contributed by atoms with Crippen LogP contribution in [-0.2, 0) is 35.6 Å². The zero-order valence-corrected chi connectivity index (χ0v) is 21.3. The van der Waals surface area contributed by atoms with Gasteiger partial charge in [0.1, 0.15) is 18.4 Å². The SMILES string of the molecule is O=C(Cc1ccc2c(c1)CN(Cc1ccccc1)CC(=O)NCCCCCO2)NCCCn1cncn1. The van der Waals surface area contributed by atoms with Gasteiger partial charge in [-0.3, -0.25) is 19.2 Å². The fraction of sp³-hybridized carbons (Fsp3) is 0.429. The number of ether oxygens (including phenoxy) is 1. The molecule has 0 aliphatic carbocycles. The van der Waals surface area contributed by atoms with Crippen LogP contribution in [0.4, 0.5) is 0 Å². The highest BCUT2D eigenvalue weighted by Gasteiger charge is 2.17. The van der Waals surface area contributed by atoms with Crippen molar-refractivity contribution in [1.29, 1.82) is 0 Å². The van der Waals surface area contributed by atoms with E-state index in [2.05, 4.69) is 37.7 Å². The molecular formula is C28H36N6O3. The molecule has 2 amide bonds. The van der Waals surface area contributed by atoms with E-state index >= 15 is 0 Å². The minimum atomic E-state index is -0.0235. The van der Waals surface area contributed by atoms with Gasteiger partial charge in [-0.15, -0.1) is 0 Å². The van der Waals surface area contributed by atoms with Crippen LogP contribution in [0, 0.1) is 0 Å². The largest absolute Gasteiger partial charge is 0.493 e. The number of carbonyl (C=O) groups is 2. The van der Waals surface area contributed by atoms with Crippen LogP contribution in [0.3, 0.4) is 0 Å². The second-order valence-electron chi connectivity index (χ2n) is 9.37. The Morgan fingerprint density at radius 3 is 2.78 bits per heavy atom. The standard InChI is InChI=1S/C28H36N6O3/c35-27(30-13-7-14-34-22-29-21-32-34)17-24-10-11-26-25(16-24)19-33(18-23-8-3-1-4-9-23)20-28(36)31-12-5-2-6-15-37-26/h1,3-4,8-11,16,21-22H,2,5-7,12-15,17-20H2,(H,30,35)(H,31,36). The molecule has 0 saturated carbocycles. The predicted octanol–water partition coefficient (Wildman–Crippen LogP) is 2.71. The van der Waals surface area contributed by atoms with Crippen molar-refractivity contribution in [2.45, 2.75) is 51.7 Å². The molecule has 1 aliphatic heterocycles. The van der Waals surface area contributed by atoms with Gasteiger partial charge in [0.15, 0.2) is 0 Å². The number of nitrogens with one attached hydrogen (secondary N) is 2. The molecule has 0 bridgehead atoms. The van der Waals surface area contributed by atoms with Gasteiger partial charge in [-0.1, -0.05) is 42.5 Å². The van der Waals surface area contributed by atoms with Gasteiger partial charge in [-0.2, -0.15) is 5.10 Å². The van der Waals surface area contributed by atoms with E-state index in [0.29, 0.717) is 45.9 Å². The van der Waals surface area contributed by atoms with Gasteiger partial charge in [0.25, 0.3) is 0 Å².